The minimum absolute atomic E-state index is 0.205. The molecule has 118 valence electrons. The number of hydrogen-bond acceptors (Lipinski definition) is 3. The van der Waals surface area contributed by atoms with E-state index < -0.39 is 10.8 Å². The first-order valence-corrected chi connectivity index (χ1v) is 7.46. The number of nitriles is 1. The molecule has 0 radical (unpaired) electrons. The summed E-state index contributed by atoms with van der Waals surface area (Å²) < 4.78 is 0. The number of allylic oxidation sites excluding steroid dienone is 5. The Labute approximate surface area is 141 Å². The third kappa shape index (κ3) is 6.74. The van der Waals surface area contributed by atoms with Gasteiger partial charge in [0.1, 0.15) is 6.42 Å². The fraction of sp³-hybridized carbons (Fsp3) is 0.400. The molecule has 0 aliphatic heterocycles. The van der Waals surface area contributed by atoms with Crippen LogP contribution in [0.15, 0.2) is 36.1 Å². The molecule has 22 heavy (non-hydrogen) atoms. The fourth-order valence-corrected chi connectivity index (χ4v) is 1.96. The number of carbonyl (C=O) groups excluding carboxylic acids is 1. The van der Waals surface area contributed by atoms with Gasteiger partial charge < -0.3 is 5.32 Å². The number of alkyl halides is 1. The van der Waals surface area contributed by atoms with Crippen molar-refractivity contribution in [1.29, 1.82) is 5.26 Å². The van der Waals surface area contributed by atoms with Crippen molar-refractivity contribution in [2.24, 2.45) is 5.41 Å². The summed E-state index contributed by atoms with van der Waals surface area (Å²) >= 11 is 11.5. The van der Waals surface area contributed by atoms with E-state index in [0.717, 1.165) is 5.70 Å². The van der Waals surface area contributed by atoms with Crippen molar-refractivity contribution in [2.45, 2.75) is 32.1 Å². The molecule has 3 N–H and O–H groups in total. The number of nitrogens with one attached hydrogen (secondary N) is 3. The number of rotatable bonds is 2. The number of halogens is 1. The van der Waals surface area contributed by atoms with E-state index in [0.29, 0.717) is 0 Å². The lowest BCUT2D eigenvalue weighted by atomic mass is 9.88. The van der Waals surface area contributed by atoms with Gasteiger partial charge in [-0.15, -0.1) is 11.6 Å². The Morgan fingerprint density at radius 3 is 2.64 bits per heavy atom. The zero-order valence-corrected chi connectivity index (χ0v) is 14.3. The van der Waals surface area contributed by atoms with Gasteiger partial charge in [-0.25, -0.2) is 0 Å². The van der Waals surface area contributed by atoms with Crippen LogP contribution in [0, 0.1) is 16.7 Å². The highest BCUT2D eigenvalue weighted by Crippen LogP contribution is 2.28. The second kappa shape index (κ2) is 7.43. The van der Waals surface area contributed by atoms with Crippen molar-refractivity contribution in [3.05, 3.63) is 36.1 Å². The van der Waals surface area contributed by atoms with E-state index in [2.05, 4.69) is 16.2 Å². The second-order valence-corrected chi connectivity index (χ2v) is 6.92. The van der Waals surface area contributed by atoms with Crippen LogP contribution >= 0.6 is 23.8 Å². The number of carbonyl (C=O) groups is 1. The van der Waals surface area contributed by atoms with Gasteiger partial charge in [-0.3, -0.25) is 15.6 Å². The maximum atomic E-state index is 11.2. The van der Waals surface area contributed by atoms with Crippen LogP contribution < -0.4 is 16.2 Å². The van der Waals surface area contributed by atoms with Crippen molar-refractivity contribution in [3.8, 4) is 6.07 Å². The largest absolute Gasteiger partial charge is 0.332 e. The predicted molar refractivity (Wildman–Crippen MR) is 91.6 cm³/mol. The molecule has 7 heteroatoms. The highest BCUT2D eigenvalue weighted by Gasteiger charge is 2.19. The molecule has 0 aromatic heterocycles. The standard InChI is InChI=1S/C15H19ClN4OS/c1-14(2)7-8-15(3,16)6-4-11(10-14)18-13(22)20-19-12(21)5-9-17/h4,6-8,10H,5H2,1-3H3,(H,19,21)(H2,18,20,22)/b6-4-,8-7?,11-10+. The lowest BCUT2D eigenvalue weighted by molar-refractivity contribution is -0.120. The van der Waals surface area contributed by atoms with E-state index in [-0.39, 0.29) is 16.9 Å². The Balaban J connectivity index is 2.74. The van der Waals surface area contributed by atoms with Crippen LogP contribution in [0.1, 0.15) is 27.2 Å². The third-order valence-electron chi connectivity index (χ3n) is 2.77. The minimum Gasteiger partial charge on any atom is -0.332 e. The topological polar surface area (TPSA) is 76.9 Å². The summed E-state index contributed by atoms with van der Waals surface area (Å²) in [4.78, 5) is 10.6. The van der Waals surface area contributed by atoms with Crippen LogP contribution in [-0.4, -0.2) is 15.9 Å². The van der Waals surface area contributed by atoms with Gasteiger partial charge in [0, 0.05) is 11.1 Å². The van der Waals surface area contributed by atoms with Gasteiger partial charge in [0.15, 0.2) is 5.11 Å². The van der Waals surface area contributed by atoms with Gasteiger partial charge in [-0.1, -0.05) is 38.2 Å². The molecule has 1 rings (SSSR count). The van der Waals surface area contributed by atoms with Gasteiger partial charge in [0.05, 0.1) is 10.9 Å². The van der Waals surface area contributed by atoms with E-state index in [4.69, 9.17) is 29.1 Å². The molecule has 1 atom stereocenters. The molecule has 0 aromatic rings. The van der Waals surface area contributed by atoms with Gasteiger partial charge in [-0.05, 0) is 25.2 Å². The fourth-order valence-electron chi connectivity index (χ4n) is 1.67. The van der Waals surface area contributed by atoms with E-state index in [9.17, 15) is 4.79 Å². The van der Waals surface area contributed by atoms with E-state index in [1.807, 2.05) is 51.2 Å². The molecular formula is C15H19ClN4OS. The zero-order chi connectivity index (χ0) is 16.8. The van der Waals surface area contributed by atoms with Gasteiger partial charge in [0.2, 0.25) is 0 Å². The van der Waals surface area contributed by atoms with E-state index in [1.165, 1.54) is 0 Å². The number of hydrazine groups is 1. The smallest absolute Gasteiger partial charge is 0.252 e. The maximum absolute atomic E-state index is 11.2. The molecule has 0 heterocycles. The van der Waals surface area contributed by atoms with Crippen LogP contribution in [0.4, 0.5) is 0 Å². The van der Waals surface area contributed by atoms with Gasteiger partial charge in [-0.2, -0.15) is 5.26 Å². The number of amides is 1. The van der Waals surface area contributed by atoms with Gasteiger partial charge in [0.25, 0.3) is 5.91 Å². The summed E-state index contributed by atoms with van der Waals surface area (Å²) in [6, 6.07) is 1.75. The highest BCUT2D eigenvalue weighted by molar-refractivity contribution is 7.80. The SMILES string of the molecule is CC1(Cl)C=CC(C)(C)/C=C(NC(=S)NNC(=O)CC#N)\C=C/1. The number of hydrogen-bond donors (Lipinski definition) is 3. The minimum atomic E-state index is -0.575. The summed E-state index contributed by atoms with van der Waals surface area (Å²) in [6.07, 6.45) is 9.41. The Morgan fingerprint density at radius 2 is 2.00 bits per heavy atom. The van der Waals surface area contributed by atoms with Crippen LogP contribution in [0.25, 0.3) is 0 Å². The first-order valence-electron chi connectivity index (χ1n) is 6.68. The normalized spacial score (nSPS) is 26.4. The highest BCUT2D eigenvalue weighted by atomic mass is 35.5. The molecule has 1 aliphatic carbocycles. The van der Waals surface area contributed by atoms with Crippen LogP contribution in [0.2, 0.25) is 0 Å². The quantitative estimate of drug-likeness (QED) is 0.312. The van der Waals surface area contributed by atoms with Crippen molar-refractivity contribution in [1.82, 2.24) is 16.2 Å². The van der Waals surface area contributed by atoms with E-state index >= 15 is 0 Å². The second-order valence-electron chi connectivity index (χ2n) is 5.70. The average molecular weight is 339 g/mol. The molecule has 5 nitrogen and oxygen atoms in total. The summed E-state index contributed by atoms with van der Waals surface area (Å²) in [5.41, 5.74) is 5.43. The molecular weight excluding hydrogens is 320 g/mol. The predicted octanol–water partition coefficient (Wildman–Crippen LogP) is 2.43. The van der Waals surface area contributed by atoms with Crippen molar-refractivity contribution in [2.75, 3.05) is 0 Å². The van der Waals surface area contributed by atoms with Crippen molar-refractivity contribution in [3.63, 3.8) is 0 Å². The molecule has 1 amide bonds. The monoisotopic (exact) mass is 338 g/mol. The summed E-state index contributed by atoms with van der Waals surface area (Å²) in [5, 5.41) is 11.6. The number of nitrogens with zero attached hydrogens (tertiary/aromatic N) is 1. The zero-order valence-electron chi connectivity index (χ0n) is 12.7. The van der Waals surface area contributed by atoms with Crippen molar-refractivity contribution < 1.29 is 4.79 Å². The third-order valence-corrected chi connectivity index (χ3v) is 3.22. The summed E-state index contributed by atoms with van der Waals surface area (Å²) in [7, 11) is 0. The Bertz CT molecular complexity index is 585. The molecule has 0 aromatic carbocycles. The maximum Gasteiger partial charge on any atom is 0.252 e. The molecule has 0 saturated heterocycles. The average Bonchev–Trinajstić information content (AvgIpc) is 2.40. The summed E-state index contributed by atoms with van der Waals surface area (Å²) in [6.45, 7) is 5.98. The lowest BCUT2D eigenvalue weighted by Gasteiger charge is -2.23. The molecule has 1 unspecified atom stereocenters. The Hall–Kier alpha value is -1.84. The first-order chi connectivity index (χ1) is 10.1. The van der Waals surface area contributed by atoms with Crippen LogP contribution in [-0.2, 0) is 4.79 Å². The molecule has 0 fully saturated rings. The summed E-state index contributed by atoms with van der Waals surface area (Å²) in [5.74, 6) is -0.453. The van der Waals surface area contributed by atoms with Gasteiger partial charge >= 0.3 is 0 Å². The molecule has 0 saturated carbocycles. The van der Waals surface area contributed by atoms with Crippen LogP contribution in [0.5, 0.6) is 0 Å². The Kier molecular flexibility index (Phi) is 6.15. The number of thiocarbonyl (C=S) groups is 1. The van der Waals surface area contributed by atoms with Crippen molar-refractivity contribution >= 4 is 34.8 Å². The van der Waals surface area contributed by atoms with Crippen LogP contribution in [0.3, 0.4) is 0 Å². The molecule has 1 aliphatic rings. The molecule has 0 bridgehead atoms. The molecule has 0 spiro atoms. The first kappa shape index (κ1) is 18.2. The Morgan fingerprint density at radius 1 is 1.32 bits per heavy atom. The van der Waals surface area contributed by atoms with E-state index in [1.54, 1.807) is 6.07 Å². The lowest BCUT2D eigenvalue weighted by Crippen LogP contribution is -2.46.